The SMILES string of the molecule is COCCN1CCN(c2cc(OC)cc3c2O[C@@H](C(=O)O)CC3)CC1. The summed E-state index contributed by atoms with van der Waals surface area (Å²) < 4.78 is 16.4. The van der Waals surface area contributed by atoms with Gasteiger partial charge in [0.2, 0.25) is 0 Å². The van der Waals surface area contributed by atoms with Crippen molar-refractivity contribution >= 4 is 11.7 Å². The van der Waals surface area contributed by atoms with Gasteiger partial charge in [-0.3, -0.25) is 4.90 Å². The van der Waals surface area contributed by atoms with E-state index in [2.05, 4.69) is 9.80 Å². The summed E-state index contributed by atoms with van der Waals surface area (Å²) in [5.74, 6) is 0.578. The van der Waals surface area contributed by atoms with Crippen molar-refractivity contribution in [3.8, 4) is 11.5 Å². The minimum absolute atomic E-state index is 0.486. The van der Waals surface area contributed by atoms with Crippen LogP contribution in [0.2, 0.25) is 0 Å². The van der Waals surface area contributed by atoms with Crippen LogP contribution in [-0.2, 0) is 16.0 Å². The number of rotatable bonds is 6. The van der Waals surface area contributed by atoms with Crippen LogP contribution in [0.1, 0.15) is 12.0 Å². The van der Waals surface area contributed by atoms with E-state index in [1.807, 2.05) is 12.1 Å². The van der Waals surface area contributed by atoms with Crippen LogP contribution >= 0.6 is 0 Å². The van der Waals surface area contributed by atoms with Gasteiger partial charge in [-0.05, 0) is 18.9 Å². The zero-order valence-corrected chi connectivity index (χ0v) is 14.9. The quantitative estimate of drug-likeness (QED) is 0.828. The van der Waals surface area contributed by atoms with Crippen molar-refractivity contribution in [1.82, 2.24) is 4.90 Å². The van der Waals surface area contributed by atoms with E-state index >= 15 is 0 Å². The van der Waals surface area contributed by atoms with Crippen molar-refractivity contribution in [3.05, 3.63) is 17.7 Å². The molecule has 2 aliphatic heterocycles. The molecule has 2 heterocycles. The molecule has 1 fully saturated rings. The number of aliphatic carboxylic acids is 1. The Balaban J connectivity index is 1.80. The van der Waals surface area contributed by atoms with Gasteiger partial charge in [0.25, 0.3) is 0 Å². The molecule has 0 radical (unpaired) electrons. The summed E-state index contributed by atoms with van der Waals surface area (Å²) in [6.45, 7) is 5.28. The lowest BCUT2D eigenvalue weighted by atomic mass is 10.00. The van der Waals surface area contributed by atoms with E-state index in [4.69, 9.17) is 14.2 Å². The van der Waals surface area contributed by atoms with Crippen molar-refractivity contribution in [1.29, 1.82) is 0 Å². The van der Waals surface area contributed by atoms with Gasteiger partial charge in [-0.25, -0.2) is 4.79 Å². The standard InChI is InChI=1S/C18H26N2O5/c1-23-10-9-19-5-7-20(8-6-19)15-12-14(24-2)11-13-3-4-16(18(21)22)25-17(13)15/h11-12,16H,3-10H2,1-2H3,(H,21,22)/t16-/m1/s1. The summed E-state index contributed by atoms with van der Waals surface area (Å²) in [6.07, 6.45) is 0.395. The van der Waals surface area contributed by atoms with Gasteiger partial charge in [-0.15, -0.1) is 0 Å². The van der Waals surface area contributed by atoms with Crippen LogP contribution in [-0.4, -0.2) is 75.6 Å². The molecule has 0 spiro atoms. The number of benzene rings is 1. The van der Waals surface area contributed by atoms with E-state index in [0.29, 0.717) is 18.6 Å². The van der Waals surface area contributed by atoms with Crippen molar-refractivity contribution in [3.63, 3.8) is 0 Å². The molecule has 1 aromatic carbocycles. The van der Waals surface area contributed by atoms with E-state index in [0.717, 1.165) is 56.3 Å². The summed E-state index contributed by atoms with van der Waals surface area (Å²) in [6, 6.07) is 3.90. The maximum atomic E-state index is 11.3. The van der Waals surface area contributed by atoms with E-state index < -0.39 is 12.1 Å². The van der Waals surface area contributed by atoms with Gasteiger partial charge in [0.1, 0.15) is 11.5 Å². The van der Waals surface area contributed by atoms with Crippen LogP contribution in [0.25, 0.3) is 0 Å². The second kappa shape index (κ2) is 7.93. The van der Waals surface area contributed by atoms with E-state index in [-0.39, 0.29) is 0 Å². The highest BCUT2D eigenvalue weighted by atomic mass is 16.5. The highest BCUT2D eigenvalue weighted by molar-refractivity contribution is 5.75. The van der Waals surface area contributed by atoms with Gasteiger partial charge in [-0.1, -0.05) is 0 Å². The molecule has 1 aromatic rings. The minimum atomic E-state index is -0.906. The number of hydrogen-bond acceptors (Lipinski definition) is 6. The minimum Gasteiger partial charge on any atom is -0.497 e. The zero-order valence-electron chi connectivity index (χ0n) is 14.9. The number of ether oxygens (including phenoxy) is 3. The summed E-state index contributed by atoms with van der Waals surface area (Å²) in [5, 5.41) is 9.30. The van der Waals surface area contributed by atoms with Crippen LogP contribution < -0.4 is 14.4 Å². The summed E-state index contributed by atoms with van der Waals surface area (Å²) in [4.78, 5) is 16.0. The van der Waals surface area contributed by atoms with Crippen molar-refractivity contribution in [2.45, 2.75) is 18.9 Å². The molecule has 7 nitrogen and oxygen atoms in total. The van der Waals surface area contributed by atoms with Crippen LogP contribution in [0, 0.1) is 0 Å². The fourth-order valence-electron chi connectivity index (χ4n) is 3.41. The lowest BCUT2D eigenvalue weighted by molar-refractivity contribution is -0.145. The van der Waals surface area contributed by atoms with Crippen LogP contribution in [0.4, 0.5) is 5.69 Å². The summed E-state index contributed by atoms with van der Waals surface area (Å²) in [5.41, 5.74) is 1.96. The number of nitrogens with zero attached hydrogens (tertiary/aromatic N) is 2. The monoisotopic (exact) mass is 350 g/mol. The Kier molecular flexibility index (Phi) is 5.65. The maximum Gasteiger partial charge on any atom is 0.344 e. The van der Waals surface area contributed by atoms with Crippen molar-refractivity contribution < 1.29 is 24.1 Å². The molecule has 3 rings (SSSR count). The van der Waals surface area contributed by atoms with E-state index in [9.17, 15) is 9.90 Å². The Morgan fingerprint density at radius 2 is 2.04 bits per heavy atom. The first-order chi connectivity index (χ1) is 12.1. The summed E-state index contributed by atoms with van der Waals surface area (Å²) >= 11 is 0. The smallest absolute Gasteiger partial charge is 0.344 e. The van der Waals surface area contributed by atoms with Crippen molar-refractivity contribution in [2.75, 3.05) is 58.5 Å². The van der Waals surface area contributed by atoms with Crippen LogP contribution in [0.15, 0.2) is 12.1 Å². The molecule has 2 aliphatic rings. The third-order valence-electron chi connectivity index (χ3n) is 4.89. The maximum absolute atomic E-state index is 11.3. The molecular weight excluding hydrogens is 324 g/mol. The number of carboxylic acid groups (broad SMARTS) is 1. The molecule has 7 heteroatoms. The fourth-order valence-corrected chi connectivity index (χ4v) is 3.41. The molecular formula is C18H26N2O5. The molecule has 138 valence electrons. The number of piperazine rings is 1. The molecule has 25 heavy (non-hydrogen) atoms. The number of hydrogen-bond donors (Lipinski definition) is 1. The molecule has 1 saturated heterocycles. The van der Waals surface area contributed by atoms with Gasteiger partial charge in [0.15, 0.2) is 6.10 Å². The average molecular weight is 350 g/mol. The van der Waals surface area contributed by atoms with Crippen LogP contribution in [0.3, 0.4) is 0 Å². The second-order valence-electron chi connectivity index (χ2n) is 6.44. The Bertz CT molecular complexity index is 614. The zero-order chi connectivity index (χ0) is 17.8. The number of aryl methyl sites for hydroxylation is 1. The first-order valence-corrected chi connectivity index (χ1v) is 8.69. The average Bonchev–Trinajstić information content (AvgIpc) is 2.65. The first-order valence-electron chi connectivity index (χ1n) is 8.69. The Morgan fingerprint density at radius 1 is 1.28 bits per heavy atom. The number of fused-ring (bicyclic) bond motifs is 1. The van der Waals surface area contributed by atoms with E-state index in [1.54, 1.807) is 14.2 Å². The second-order valence-corrected chi connectivity index (χ2v) is 6.44. The number of anilines is 1. The summed E-state index contributed by atoms with van der Waals surface area (Å²) in [7, 11) is 3.37. The number of methoxy groups -OCH3 is 2. The molecule has 0 bridgehead atoms. The third kappa shape index (κ3) is 3.99. The van der Waals surface area contributed by atoms with Gasteiger partial charge in [0, 0.05) is 51.5 Å². The largest absolute Gasteiger partial charge is 0.497 e. The Hall–Kier alpha value is -1.99. The Morgan fingerprint density at radius 3 is 2.68 bits per heavy atom. The number of carboxylic acids is 1. The highest BCUT2D eigenvalue weighted by Crippen LogP contribution is 2.41. The van der Waals surface area contributed by atoms with Gasteiger partial charge in [-0.2, -0.15) is 0 Å². The molecule has 0 unspecified atom stereocenters. The lowest BCUT2D eigenvalue weighted by Gasteiger charge is -2.38. The van der Waals surface area contributed by atoms with Crippen LogP contribution in [0.5, 0.6) is 11.5 Å². The molecule has 1 N–H and O–H groups in total. The molecule has 0 aliphatic carbocycles. The predicted octanol–water partition coefficient (Wildman–Crippen LogP) is 1.24. The molecule has 0 saturated carbocycles. The van der Waals surface area contributed by atoms with Crippen molar-refractivity contribution in [2.24, 2.45) is 0 Å². The van der Waals surface area contributed by atoms with Gasteiger partial charge < -0.3 is 24.2 Å². The number of carbonyl (C=O) groups is 1. The Labute approximate surface area is 148 Å². The first kappa shape index (κ1) is 17.8. The lowest BCUT2D eigenvalue weighted by Crippen LogP contribution is -2.47. The van der Waals surface area contributed by atoms with Gasteiger partial charge >= 0.3 is 5.97 Å². The highest BCUT2D eigenvalue weighted by Gasteiger charge is 2.30. The topological polar surface area (TPSA) is 71.5 Å². The molecule has 1 atom stereocenters. The predicted molar refractivity (Wildman–Crippen MR) is 93.9 cm³/mol. The molecule has 0 amide bonds. The van der Waals surface area contributed by atoms with Gasteiger partial charge in [0.05, 0.1) is 19.4 Å². The van der Waals surface area contributed by atoms with E-state index in [1.165, 1.54) is 0 Å². The normalized spacial score (nSPS) is 20.7. The molecule has 0 aromatic heterocycles. The fraction of sp³-hybridized carbons (Fsp3) is 0.611. The third-order valence-corrected chi connectivity index (χ3v) is 4.89.